The molecule has 33 heavy (non-hydrogen) atoms. The van der Waals surface area contributed by atoms with Crippen molar-refractivity contribution in [2.75, 3.05) is 7.11 Å². The normalized spacial score (nSPS) is 18.9. The van der Waals surface area contributed by atoms with Crippen LogP contribution in [0.5, 0.6) is 0 Å². The third kappa shape index (κ3) is 3.78. The van der Waals surface area contributed by atoms with Gasteiger partial charge < -0.3 is 9.64 Å². The van der Waals surface area contributed by atoms with Crippen molar-refractivity contribution in [3.8, 4) is 17.1 Å². The number of nitrogens with one attached hydrogen (secondary N) is 1. The summed E-state index contributed by atoms with van der Waals surface area (Å²) < 4.78 is 6.93. The molecular formula is C23H22N6O4. The maximum atomic E-state index is 12.9. The minimum absolute atomic E-state index is 0.144. The van der Waals surface area contributed by atoms with Crippen LogP contribution in [-0.4, -0.2) is 55.8 Å². The van der Waals surface area contributed by atoms with Crippen LogP contribution in [0.1, 0.15) is 47.5 Å². The summed E-state index contributed by atoms with van der Waals surface area (Å²) in [5, 5.41) is 10.8. The largest absolute Gasteiger partial charge is 0.375 e. The van der Waals surface area contributed by atoms with E-state index in [9.17, 15) is 14.4 Å². The van der Waals surface area contributed by atoms with Crippen LogP contribution in [-0.2, 0) is 20.9 Å². The number of ether oxygens (including phenoxy) is 1. The number of pyridine rings is 1. The quantitative estimate of drug-likeness (QED) is 0.594. The van der Waals surface area contributed by atoms with Crippen LogP contribution in [0.25, 0.3) is 17.1 Å². The highest BCUT2D eigenvalue weighted by Crippen LogP contribution is 2.30. The Morgan fingerprint density at radius 1 is 1.18 bits per heavy atom. The standard InChI is InChI=1S/C23H22N6O4/c1-13(33-2)17-4-3-5-20(24-17)29-12-18(26-27-29)14-6-7-16-15(10-14)11-28(23(16)32)19-8-9-21(30)25-22(19)31/h3-7,10,12-13,19H,8-9,11H2,1-2H3,(H,25,30,31)/t13-,19?/m1/s1. The van der Waals surface area contributed by atoms with Crippen LogP contribution in [0.15, 0.2) is 42.6 Å². The Labute approximate surface area is 189 Å². The highest BCUT2D eigenvalue weighted by atomic mass is 16.5. The SMILES string of the molecule is CO[C@H](C)c1cccc(-n2cc(-c3ccc4c(c3)CN(C3CCC(=O)NC3=O)C4=O)nn2)n1. The van der Waals surface area contributed by atoms with Gasteiger partial charge in [0.25, 0.3) is 5.91 Å². The lowest BCUT2D eigenvalue weighted by Gasteiger charge is -2.29. The van der Waals surface area contributed by atoms with Gasteiger partial charge in [-0.1, -0.05) is 17.3 Å². The van der Waals surface area contributed by atoms with Crippen molar-refractivity contribution in [2.24, 2.45) is 0 Å². The molecule has 10 nitrogen and oxygen atoms in total. The van der Waals surface area contributed by atoms with Crippen molar-refractivity contribution in [1.29, 1.82) is 0 Å². The summed E-state index contributed by atoms with van der Waals surface area (Å²) in [6, 6.07) is 10.4. The van der Waals surface area contributed by atoms with Crippen LogP contribution >= 0.6 is 0 Å². The van der Waals surface area contributed by atoms with Crippen molar-refractivity contribution >= 4 is 17.7 Å². The molecule has 3 aromatic rings. The van der Waals surface area contributed by atoms with Gasteiger partial charge >= 0.3 is 0 Å². The maximum absolute atomic E-state index is 12.9. The van der Waals surface area contributed by atoms with Crippen molar-refractivity contribution in [3.05, 3.63) is 59.4 Å². The van der Waals surface area contributed by atoms with E-state index in [1.54, 1.807) is 24.1 Å². The molecule has 1 N–H and O–H groups in total. The minimum Gasteiger partial charge on any atom is -0.375 e. The number of imide groups is 1. The van der Waals surface area contributed by atoms with Crippen LogP contribution in [0.4, 0.5) is 0 Å². The van der Waals surface area contributed by atoms with Crippen LogP contribution in [0.2, 0.25) is 0 Å². The second kappa shape index (κ2) is 8.21. The summed E-state index contributed by atoms with van der Waals surface area (Å²) in [6.45, 7) is 2.23. The van der Waals surface area contributed by atoms with Gasteiger partial charge in [0.15, 0.2) is 5.82 Å². The Bertz CT molecular complexity index is 1270. The van der Waals surface area contributed by atoms with E-state index in [2.05, 4.69) is 20.6 Å². The molecule has 1 unspecified atom stereocenters. The second-order valence-corrected chi connectivity index (χ2v) is 8.12. The number of methoxy groups -OCH3 is 1. The molecule has 3 amide bonds. The van der Waals surface area contributed by atoms with E-state index in [1.165, 1.54) is 4.90 Å². The number of piperidine rings is 1. The zero-order chi connectivity index (χ0) is 23.1. The number of benzene rings is 1. The third-order valence-corrected chi connectivity index (χ3v) is 6.07. The smallest absolute Gasteiger partial charge is 0.255 e. The topological polar surface area (TPSA) is 119 Å². The lowest BCUT2D eigenvalue weighted by Crippen LogP contribution is -2.52. The number of rotatable bonds is 5. The summed E-state index contributed by atoms with van der Waals surface area (Å²) >= 11 is 0. The molecule has 5 rings (SSSR count). The summed E-state index contributed by atoms with van der Waals surface area (Å²) in [6.07, 6.45) is 2.19. The lowest BCUT2D eigenvalue weighted by molar-refractivity contribution is -0.136. The number of amides is 3. The van der Waals surface area contributed by atoms with Crippen molar-refractivity contribution in [3.63, 3.8) is 0 Å². The number of hydrogen-bond acceptors (Lipinski definition) is 7. The molecule has 0 radical (unpaired) electrons. The zero-order valence-corrected chi connectivity index (χ0v) is 18.2. The molecule has 2 aromatic heterocycles. The molecule has 2 atom stereocenters. The van der Waals surface area contributed by atoms with E-state index in [-0.39, 0.29) is 24.3 Å². The molecule has 2 aliphatic rings. The average molecular weight is 446 g/mol. The van der Waals surface area contributed by atoms with Gasteiger partial charge in [-0.25, -0.2) is 9.67 Å². The van der Waals surface area contributed by atoms with Gasteiger partial charge in [0, 0.05) is 31.2 Å². The first-order chi connectivity index (χ1) is 15.9. The fraction of sp³-hybridized carbons (Fsp3) is 0.304. The molecule has 0 spiro atoms. The minimum atomic E-state index is -0.639. The first kappa shape index (κ1) is 21.0. The van der Waals surface area contributed by atoms with E-state index < -0.39 is 11.9 Å². The van der Waals surface area contributed by atoms with Crippen LogP contribution < -0.4 is 5.32 Å². The monoisotopic (exact) mass is 446 g/mol. The molecular weight excluding hydrogens is 424 g/mol. The summed E-state index contributed by atoms with van der Waals surface area (Å²) in [5.41, 5.74) is 3.59. The fourth-order valence-corrected chi connectivity index (χ4v) is 4.16. The van der Waals surface area contributed by atoms with E-state index >= 15 is 0 Å². The number of nitrogens with zero attached hydrogens (tertiary/aromatic N) is 5. The average Bonchev–Trinajstić information content (AvgIpc) is 3.44. The van der Waals surface area contributed by atoms with Gasteiger partial charge in [0.1, 0.15) is 11.7 Å². The number of carbonyl (C=O) groups is 3. The second-order valence-electron chi connectivity index (χ2n) is 8.12. The summed E-state index contributed by atoms with van der Waals surface area (Å²) in [4.78, 5) is 42.7. The molecule has 1 saturated heterocycles. The molecule has 1 fully saturated rings. The predicted octanol–water partition coefficient (Wildman–Crippen LogP) is 1.80. The van der Waals surface area contributed by atoms with Crippen molar-refractivity contribution in [2.45, 2.75) is 38.5 Å². The number of fused-ring (bicyclic) bond motifs is 1. The lowest BCUT2D eigenvalue weighted by atomic mass is 10.0. The Kier molecular flexibility index (Phi) is 5.21. The van der Waals surface area contributed by atoms with E-state index in [0.29, 0.717) is 30.0 Å². The Morgan fingerprint density at radius 3 is 2.82 bits per heavy atom. The molecule has 0 saturated carbocycles. The summed E-state index contributed by atoms with van der Waals surface area (Å²) in [5.74, 6) is -0.311. The molecule has 4 heterocycles. The number of aromatic nitrogens is 4. The van der Waals surface area contributed by atoms with Crippen molar-refractivity contribution < 1.29 is 19.1 Å². The molecule has 0 aliphatic carbocycles. The van der Waals surface area contributed by atoms with Gasteiger partial charge in [-0.3, -0.25) is 19.7 Å². The molecule has 10 heteroatoms. The van der Waals surface area contributed by atoms with Gasteiger partial charge in [-0.15, -0.1) is 5.10 Å². The Balaban J connectivity index is 1.39. The first-order valence-electron chi connectivity index (χ1n) is 10.6. The molecule has 0 bridgehead atoms. The highest BCUT2D eigenvalue weighted by Gasteiger charge is 2.39. The van der Waals surface area contributed by atoms with Crippen molar-refractivity contribution in [1.82, 2.24) is 30.2 Å². The van der Waals surface area contributed by atoms with Crippen LogP contribution in [0, 0.1) is 0 Å². The fourth-order valence-electron chi connectivity index (χ4n) is 4.16. The first-order valence-corrected chi connectivity index (χ1v) is 10.6. The van der Waals surface area contributed by atoms with E-state index in [0.717, 1.165) is 16.8 Å². The zero-order valence-electron chi connectivity index (χ0n) is 18.2. The van der Waals surface area contributed by atoms with E-state index in [4.69, 9.17) is 4.74 Å². The Hall–Kier alpha value is -3.92. The third-order valence-electron chi connectivity index (χ3n) is 6.07. The molecule has 168 valence electrons. The van der Waals surface area contributed by atoms with Gasteiger partial charge in [-0.2, -0.15) is 0 Å². The number of hydrogen-bond donors (Lipinski definition) is 1. The highest BCUT2D eigenvalue weighted by molar-refractivity contribution is 6.05. The number of carbonyl (C=O) groups excluding carboxylic acids is 3. The van der Waals surface area contributed by atoms with Crippen LogP contribution in [0.3, 0.4) is 0 Å². The summed E-state index contributed by atoms with van der Waals surface area (Å²) in [7, 11) is 1.63. The maximum Gasteiger partial charge on any atom is 0.255 e. The van der Waals surface area contributed by atoms with Gasteiger partial charge in [0.05, 0.1) is 18.0 Å². The molecule has 1 aromatic carbocycles. The van der Waals surface area contributed by atoms with Gasteiger partial charge in [-0.05, 0) is 43.2 Å². The predicted molar refractivity (Wildman–Crippen MR) is 116 cm³/mol. The van der Waals surface area contributed by atoms with Gasteiger partial charge in [0.2, 0.25) is 11.8 Å². The Morgan fingerprint density at radius 2 is 2.03 bits per heavy atom. The molecule has 2 aliphatic heterocycles. The van der Waals surface area contributed by atoms with E-state index in [1.807, 2.05) is 37.3 Å².